The van der Waals surface area contributed by atoms with Crippen molar-refractivity contribution in [1.29, 1.82) is 0 Å². The number of ether oxygens (including phenoxy) is 1. The number of pyridine rings is 1. The van der Waals surface area contributed by atoms with Crippen LogP contribution in [0.4, 0.5) is 0 Å². The first kappa shape index (κ1) is 20.8. The van der Waals surface area contributed by atoms with Crippen LogP contribution in [-0.2, 0) is 16.1 Å². The summed E-state index contributed by atoms with van der Waals surface area (Å²) in [5, 5.41) is 11.2. The maximum absolute atomic E-state index is 13.1. The van der Waals surface area contributed by atoms with Crippen LogP contribution in [0.5, 0.6) is 5.75 Å². The van der Waals surface area contributed by atoms with Crippen molar-refractivity contribution in [2.75, 3.05) is 7.11 Å². The van der Waals surface area contributed by atoms with Gasteiger partial charge in [0, 0.05) is 23.4 Å². The number of aliphatic hydroxyl groups excluding tert-OH is 1. The van der Waals surface area contributed by atoms with Crippen LogP contribution in [0.3, 0.4) is 0 Å². The Labute approximate surface area is 187 Å². The molecular formula is C24H19BrN2O4. The minimum Gasteiger partial charge on any atom is -0.507 e. The number of para-hydroxylation sites is 1. The van der Waals surface area contributed by atoms with Gasteiger partial charge in [-0.15, -0.1) is 0 Å². The van der Waals surface area contributed by atoms with E-state index in [1.165, 1.54) is 12.0 Å². The number of hydrogen-bond acceptors (Lipinski definition) is 5. The number of aromatic nitrogens is 1. The van der Waals surface area contributed by atoms with E-state index in [1.807, 2.05) is 30.3 Å². The average molecular weight is 479 g/mol. The molecule has 31 heavy (non-hydrogen) atoms. The lowest BCUT2D eigenvalue weighted by molar-refractivity contribution is -0.140. The molecule has 0 radical (unpaired) electrons. The number of aliphatic hydroxyl groups is 1. The summed E-state index contributed by atoms with van der Waals surface area (Å²) in [5.74, 6) is -1.26. The molecule has 2 aromatic carbocycles. The third-order valence-corrected chi connectivity index (χ3v) is 5.69. The number of benzene rings is 2. The molecule has 1 atom stereocenters. The van der Waals surface area contributed by atoms with Gasteiger partial charge in [-0.1, -0.05) is 46.3 Å². The van der Waals surface area contributed by atoms with Crippen molar-refractivity contribution in [3.63, 3.8) is 0 Å². The molecule has 1 amide bonds. The Balaban J connectivity index is 1.89. The van der Waals surface area contributed by atoms with Gasteiger partial charge in [0.2, 0.25) is 0 Å². The normalized spacial score (nSPS) is 17.7. The standard InChI is InChI=1S/C24H19BrN2O4/c1-31-19-7-3-2-6-18(19)22(28)20-21(16-8-10-17(25)11-9-16)27(24(30)23(20)29)14-15-5-4-12-26-13-15/h2-13,21,28H,14H2,1H3/b22-20+. The van der Waals surface area contributed by atoms with E-state index < -0.39 is 17.7 Å². The third-order valence-electron chi connectivity index (χ3n) is 5.16. The minimum atomic E-state index is -0.752. The number of nitrogens with zero attached hydrogens (tertiary/aromatic N) is 2. The highest BCUT2D eigenvalue weighted by Crippen LogP contribution is 2.41. The van der Waals surface area contributed by atoms with E-state index in [1.54, 1.807) is 42.7 Å². The molecule has 0 bridgehead atoms. The summed E-state index contributed by atoms with van der Waals surface area (Å²) in [6.07, 6.45) is 3.30. The van der Waals surface area contributed by atoms with Crippen molar-refractivity contribution < 1.29 is 19.4 Å². The van der Waals surface area contributed by atoms with Gasteiger partial charge in [-0.2, -0.15) is 0 Å². The average Bonchev–Trinajstić information content (AvgIpc) is 3.04. The fraction of sp³-hybridized carbons (Fsp3) is 0.125. The van der Waals surface area contributed by atoms with Gasteiger partial charge in [0.15, 0.2) is 0 Å². The fourth-order valence-electron chi connectivity index (χ4n) is 3.71. The van der Waals surface area contributed by atoms with Gasteiger partial charge in [-0.05, 0) is 41.5 Å². The van der Waals surface area contributed by atoms with Gasteiger partial charge in [0.25, 0.3) is 11.7 Å². The molecule has 1 aliphatic heterocycles. The Morgan fingerprint density at radius 2 is 1.84 bits per heavy atom. The van der Waals surface area contributed by atoms with Crippen LogP contribution in [0.15, 0.2) is 83.1 Å². The molecule has 6 nitrogen and oxygen atoms in total. The van der Waals surface area contributed by atoms with Crippen molar-refractivity contribution in [2.24, 2.45) is 0 Å². The van der Waals surface area contributed by atoms with Crippen molar-refractivity contribution in [1.82, 2.24) is 9.88 Å². The fourth-order valence-corrected chi connectivity index (χ4v) is 3.97. The summed E-state index contributed by atoms with van der Waals surface area (Å²) in [6, 6.07) is 17.0. The van der Waals surface area contributed by atoms with E-state index >= 15 is 0 Å². The molecule has 156 valence electrons. The third kappa shape index (κ3) is 3.96. The molecule has 0 aliphatic carbocycles. The summed E-state index contributed by atoms with van der Waals surface area (Å²) in [6.45, 7) is 0.182. The summed E-state index contributed by atoms with van der Waals surface area (Å²) in [5.41, 5.74) is 1.87. The molecule has 4 rings (SSSR count). The van der Waals surface area contributed by atoms with Gasteiger partial charge >= 0.3 is 0 Å². The highest BCUT2D eigenvalue weighted by Gasteiger charge is 2.46. The summed E-state index contributed by atoms with van der Waals surface area (Å²) in [4.78, 5) is 31.7. The number of carbonyl (C=O) groups excluding carboxylic acids is 2. The molecule has 1 unspecified atom stereocenters. The Kier molecular flexibility index (Phi) is 5.86. The predicted octanol–water partition coefficient (Wildman–Crippen LogP) is 4.47. The van der Waals surface area contributed by atoms with E-state index in [0.29, 0.717) is 16.9 Å². The maximum atomic E-state index is 13.1. The minimum absolute atomic E-state index is 0.0284. The summed E-state index contributed by atoms with van der Waals surface area (Å²) in [7, 11) is 1.49. The zero-order chi connectivity index (χ0) is 22.0. The highest BCUT2D eigenvalue weighted by atomic mass is 79.9. The van der Waals surface area contributed by atoms with Crippen LogP contribution in [0.25, 0.3) is 5.76 Å². The van der Waals surface area contributed by atoms with Crippen molar-refractivity contribution in [3.05, 3.63) is 99.8 Å². The number of halogens is 1. The Morgan fingerprint density at radius 3 is 2.52 bits per heavy atom. The van der Waals surface area contributed by atoms with E-state index in [4.69, 9.17) is 4.74 Å². The van der Waals surface area contributed by atoms with Crippen LogP contribution < -0.4 is 4.74 Å². The van der Waals surface area contributed by atoms with Gasteiger partial charge in [0.1, 0.15) is 11.5 Å². The molecule has 0 spiro atoms. The number of carbonyl (C=O) groups is 2. The molecule has 1 fully saturated rings. The molecule has 1 aliphatic rings. The number of ketones is 1. The van der Waals surface area contributed by atoms with E-state index in [9.17, 15) is 14.7 Å². The Morgan fingerprint density at radius 1 is 1.10 bits per heavy atom. The smallest absolute Gasteiger partial charge is 0.295 e. The van der Waals surface area contributed by atoms with E-state index in [-0.39, 0.29) is 17.9 Å². The van der Waals surface area contributed by atoms with Crippen LogP contribution in [0, 0.1) is 0 Å². The quantitative estimate of drug-likeness (QED) is 0.332. The maximum Gasteiger partial charge on any atom is 0.295 e. The highest BCUT2D eigenvalue weighted by molar-refractivity contribution is 9.10. The van der Waals surface area contributed by atoms with Gasteiger partial charge in [-0.25, -0.2) is 0 Å². The molecule has 3 aromatic rings. The van der Waals surface area contributed by atoms with E-state index in [0.717, 1.165) is 10.0 Å². The van der Waals surface area contributed by atoms with Crippen molar-refractivity contribution >= 4 is 33.4 Å². The second-order valence-corrected chi connectivity index (χ2v) is 7.96. The first-order chi connectivity index (χ1) is 15.0. The van der Waals surface area contributed by atoms with Gasteiger partial charge < -0.3 is 14.7 Å². The van der Waals surface area contributed by atoms with Crippen molar-refractivity contribution in [2.45, 2.75) is 12.6 Å². The SMILES string of the molecule is COc1ccccc1/C(O)=C1\C(=O)C(=O)N(Cc2cccnc2)C1c1ccc(Br)cc1. The topological polar surface area (TPSA) is 79.7 Å². The lowest BCUT2D eigenvalue weighted by Gasteiger charge is -2.25. The summed E-state index contributed by atoms with van der Waals surface area (Å²) < 4.78 is 6.21. The molecular weight excluding hydrogens is 460 g/mol. The molecule has 0 saturated carbocycles. The van der Waals surface area contributed by atoms with Crippen LogP contribution in [0.1, 0.15) is 22.7 Å². The second kappa shape index (κ2) is 8.73. The number of Topliss-reactive ketones (excluding diaryl/α,β-unsaturated/α-hetero) is 1. The Hall–Kier alpha value is -3.45. The molecule has 1 aromatic heterocycles. The van der Waals surface area contributed by atoms with Crippen molar-refractivity contribution in [3.8, 4) is 5.75 Å². The molecule has 1 N–H and O–H groups in total. The lowest BCUT2D eigenvalue weighted by atomic mass is 9.95. The molecule has 1 saturated heterocycles. The van der Waals surface area contributed by atoms with Crippen LogP contribution in [-0.4, -0.2) is 33.8 Å². The number of amides is 1. The molecule has 7 heteroatoms. The zero-order valence-corrected chi connectivity index (χ0v) is 18.2. The number of rotatable bonds is 5. The number of hydrogen-bond donors (Lipinski definition) is 1. The monoisotopic (exact) mass is 478 g/mol. The lowest BCUT2D eigenvalue weighted by Crippen LogP contribution is -2.29. The van der Waals surface area contributed by atoms with Crippen LogP contribution >= 0.6 is 15.9 Å². The zero-order valence-electron chi connectivity index (χ0n) is 16.7. The first-order valence-corrected chi connectivity index (χ1v) is 10.4. The largest absolute Gasteiger partial charge is 0.507 e. The Bertz CT molecular complexity index is 1160. The number of likely N-dealkylation sites (tertiary alicyclic amines) is 1. The number of methoxy groups -OCH3 is 1. The van der Waals surface area contributed by atoms with Gasteiger partial charge in [-0.3, -0.25) is 14.6 Å². The predicted molar refractivity (Wildman–Crippen MR) is 119 cm³/mol. The summed E-state index contributed by atoms with van der Waals surface area (Å²) >= 11 is 3.41. The van der Waals surface area contributed by atoms with Gasteiger partial charge in [0.05, 0.1) is 24.3 Å². The van der Waals surface area contributed by atoms with Crippen LogP contribution in [0.2, 0.25) is 0 Å². The molecule has 2 heterocycles. The second-order valence-electron chi connectivity index (χ2n) is 7.04. The first-order valence-electron chi connectivity index (χ1n) is 9.57. The van der Waals surface area contributed by atoms with E-state index in [2.05, 4.69) is 20.9 Å².